The fourth-order valence-corrected chi connectivity index (χ4v) is 4.02. The van der Waals surface area contributed by atoms with E-state index in [0.717, 1.165) is 42.0 Å². The fraction of sp³-hybridized carbons (Fsp3) is 0.400. The van der Waals surface area contributed by atoms with Crippen molar-refractivity contribution < 1.29 is 14.1 Å². The van der Waals surface area contributed by atoms with Crippen LogP contribution in [0.2, 0.25) is 0 Å². The predicted molar refractivity (Wildman–Crippen MR) is 123 cm³/mol. The number of likely N-dealkylation sites (tertiary alicyclic amines) is 1. The van der Waals surface area contributed by atoms with Crippen LogP contribution in [0.25, 0.3) is 11.4 Å². The first-order chi connectivity index (χ1) is 15.5. The lowest BCUT2D eigenvalue weighted by molar-refractivity contribution is -0.121. The summed E-state index contributed by atoms with van der Waals surface area (Å²) in [6.07, 6.45) is 1.90. The van der Waals surface area contributed by atoms with E-state index in [0.29, 0.717) is 24.8 Å². The molecule has 2 heterocycles. The molecule has 0 bridgehead atoms. The van der Waals surface area contributed by atoms with E-state index in [2.05, 4.69) is 20.4 Å². The molecule has 0 saturated carbocycles. The van der Waals surface area contributed by atoms with Crippen LogP contribution in [0.3, 0.4) is 0 Å². The van der Waals surface area contributed by atoms with E-state index < -0.39 is 0 Å². The number of benzene rings is 2. The van der Waals surface area contributed by atoms with Crippen molar-refractivity contribution in [2.75, 3.05) is 18.4 Å². The topological polar surface area (TPSA) is 80.5 Å². The SMILES string of the molecule is Cc1ccccc1-c1noc(CN2CCCC(C(=O)Nc3cccc(OC(C)C)c3)C2)n1. The van der Waals surface area contributed by atoms with Crippen LogP contribution in [0.4, 0.5) is 5.69 Å². The average Bonchev–Trinajstić information content (AvgIpc) is 3.22. The van der Waals surface area contributed by atoms with Gasteiger partial charge in [0.1, 0.15) is 5.75 Å². The second-order valence-corrected chi connectivity index (χ2v) is 8.58. The van der Waals surface area contributed by atoms with Crippen molar-refractivity contribution in [3.63, 3.8) is 0 Å². The quantitative estimate of drug-likeness (QED) is 0.581. The maximum atomic E-state index is 12.9. The highest BCUT2D eigenvalue weighted by Crippen LogP contribution is 2.24. The summed E-state index contributed by atoms with van der Waals surface area (Å²) in [6, 6.07) is 15.5. The third kappa shape index (κ3) is 5.53. The van der Waals surface area contributed by atoms with Gasteiger partial charge in [0.15, 0.2) is 0 Å². The third-order valence-electron chi connectivity index (χ3n) is 5.56. The lowest BCUT2D eigenvalue weighted by Gasteiger charge is -2.30. The fourth-order valence-electron chi connectivity index (χ4n) is 4.02. The van der Waals surface area contributed by atoms with Crippen LogP contribution < -0.4 is 10.1 Å². The highest BCUT2D eigenvalue weighted by molar-refractivity contribution is 5.92. The summed E-state index contributed by atoms with van der Waals surface area (Å²) in [5, 5.41) is 7.19. The van der Waals surface area contributed by atoms with Crippen molar-refractivity contribution in [3.05, 3.63) is 60.0 Å². The molecule has 0 spiro atoms. The van der Waals surface area contributed by atoms with Gasteiger partial charge >= 0.3 is 0 Å². The Bertz CT molecular complexity index is 1060. The number of nitrogens with zero attached hydrogens (tertiary/aromatic N) is 3. The molecule has 168 valence electrons. The summed E-state index contributed by atoms with van der Waals surface area (Å²) in [7, 11) is 0. The van der Waals surface area contributed by atoms with Crippen molar-refractivity contribution in [2.24, 2.45) is 5.92 Å². The van der Waals surface area contributed by atoms with Crippen LogP contribution >= 0.6 is 0 Å². The Balaban J connectivity index is 1.36. The molecule has 1 unspecified atom stereocenters. The van der Waals surface area contributed by atoms with Gasteiger partial charge in [0.25, 0.3) is 0 Å². The number of hydrogen-bond donors (Lipinski definition) is 1. The summed E-state index contributed by atoms with van der Waals surface area (Å²) in [6.45, 7) is 8.11. The number of carbonyl (C=O) groups excluding carboxylic acids is 1. The number of aromatic nitrogens is 2. The number of amides is 1. The molecule has 7 heteroatoms. The molecular formula is C25H30N4O3. The number of aryl methyl sites for hydroxylation is 1. The maximum absolute atomic E-state index is 12.9. The molecule has 1 N–H and O–H groups in total. The van der Waals surface area contributed by atoms with Gasteiger partial charge in [0.2, 0.25) is 17.6 Å². The van der Waals surface area contributed by atoms with Crippen molar-refractivity contribution in [1.82, 2.24) is 15.0 Å². The minimum atomic E-state index is -0.0859. The van der Waals surface area contributed by atoms with Gasteiger partial charge in [-0.15, -0.1) is 0 Å². The molecule has 1 atom stereocenters. The molecule has 1 fully saturated rings. The van der Waals surface area contributed by atoms with Crippen molar-refractivity contribution in [2.45, 2.75) is 46.3 Å². The smallest absolute Gasteiger partial charge is 0.241 e. The second kappa shape index (κ2) is 9.96. The highest BCUT2D eigenvalue weighted by atomic mass is 16.5. The minimum Gasteiger partial charge on any atom is -0.491 e. The largest absolute Gasteiger partial charge is 0.491 e. The van der Waals surface area contributed by atoms with E-state index in [1.54, 1.807) is 0 Å². The first-order valence-electron chi connectivity index (χ1n) is 11.2. The number of hydrogen-bond acceptors (Lipinski definition) is 6. The third-order valence-corrected chi connectivity index (χ3v) is 5.56. The van der Waals surface area contributed by atoms with E-state index >= 15 is 0 Å². The number of nitrogens with one attached hydrogen (secondary N) is 1. The molecular weight excluding hydrogens is 404 g/mol. The van der Waals surface area contributed by atoms with Crippen LogP contribution in [0.15, 0.2) is 53.1 Å². The first kappa shape index (κ1) is 22.0. The summed E-state index contributed by atoms with van der Waals surface area (Å²) in [5.41, 5.74) is 2.84. The standard InChI is InChI=1S/C25H30N4O3/c1-17(2)31-21-11-6-10-20(14-21)26-25(30)19-9-7-13-29(15-19)16-23-27-24(28-32-23)22-12-5-4-8-18(22)3/h4-6,8,10-12,14,17,19H,7,9,13,15-16H2,1-3H3,(H,26,30). The van der Waals surface area contributed by atoms with Crippen molar-refractivity contribution in [1.29, 1.82) is 0 Å². The zero-order chi connectivity index (χ0) is 22.5. The zero-order valence-electron chi connectivity index (χ0n) is 18.9. The molecule has 0 radical (unpaired) electrons. The molecule has 1 aliphatic rings. The zero-order valence-corrected chi connectivity index (χ0v) is 18.9. The number of anilines is 1. The maximum Gasteiger partial charge on any atom is 0.241 e. The van der Waals surface area contributed by atoms with Crippen LogP contribution in [0, 0.1) is 12.8 Å². The Morgan fingerprint density at radius 1 is 1.25 bits per heavy atom. The number of carbonyl (C=O) groups is 1. The van der Waals surface area contributed by atoms with Gasteiger partial charge in [-0.3, -0.25) is 9.69 Å². The van der Waals surface area contributed by atoms with E-state index in [1.165, 1.54) is 0 Å². The second-order valence-electron chi connectivity index (χ2n) is 8.58. The average molecular weight is 435 g/mol. The molecule has 3 aromatic rings. The van der Waals surface area contributed by atoms with E-state index in [-0.39, 0.29) is 17.9 Å². The van der Waals surface area contributed by atoms with E-state index in [1.807, 2.05) is 69.3 Å². The Morgan fingerprint density at radius 2 is 2.09 bits per heavy atom. The van der Waals surface area contributed by atoms with Crippen LogP contribution in [-0.4, -0.2) is 40.1 Å². The van der Waals surface area contributed by atoms with Gasteiger partial charge in [-0.2, -0.15) is 4.98 Å². The molecule has 4 rings (SSSR count). The lowest BCUT2D eigenvalue weighted by atomic mass is 9.97. The van der Waals surface area contributed by atoms with E-state index in [9.17, 15) is 4.79 Å². The van der Waals surface area contributed by atoms with Crippen molar-refractivity contribution in [3.8, 4) is 17.1 Å². The first-order valence-corrected chi connectivity index (χ1v) is 11.2. The Hall–Kier alpha value is -3.19. The van der Waals surface area contributed by atoms with E-state index in [4.69, 9.17) is 9.26 Å². The van der Waals surface area contributed by atoms with Gasteiger partial charge in [-0.1, -0.05) is 35.5 Å². The molecule has 1 saturated heterocycles. The molecule has 2 aromatic carbocycles. The summed E-state index contributed by atoms with van der Waals surface area (Å²) >= 11 is 0. The molecule has 7 nitrogen and oxygen atoms in total. The lowest BCUT2D eigenvalue weighted by Crippen LogP contribution is -2.40. The predicted octanol–water partition coefficient (Wildman–Crippen LogP) is 4.68. The normalized spacial score (nSPS) is 16.8. The van der Waals surface area contributed by atoms with Gasteiger partial charge in [0.05, 0.1) is 18.6 Å². The summed E-state index contributed by atoms with van der Waals surface area (Å²) < 4.78 is 11.2. The monoisotopic (exact) mass is 434 g/mol. The summed E-state index contributed by atoms with van der Waals surface area (Å²) in [4.78, 5) is 19.7. The molecule has 1 aliphatic heterocycles. The van der Waals surface area contributed by atoms with Crippen LogP contribution in [0.1, 0.15) is 38.1 Å². The Kier molecular flexibility index (Phi) is 6.85. The number of rotatable bonds is 7. The van der Waals surface area contributed by atoms with Gasteiger partial charge in [-0.05, 0) is 57.9 Å². The number of ether oxygens (including phenoxy) is 1. The van der Waals surface area contributed by atoms with Gasteiger partial charge < -0.3 is 14.6 Å². The highest BCUT2D eigenvalue weighted by Gasteiger charge is 2.27. The molecule has 1 aromatic heterocycles. The Labute approximate surface area is 188 Å². The summed E-state index contributed by atoms with van der Waals surface area (Å²) in [5.74, 6) is 1.87. The molecule has 32 heavy (non-hydrogen) atoms. The van der Waals surface area contributed by atoms with Crippen LogP contribution in [-0.2, 0) is 11.3 Å². The number of piperidine rings is 1. The van der Waals surface area contributed by atoms with Crippen LogP contribution in [0.5, 0.6) is 5.75 Å². The molecule has 1 amide bonds. The Morgan fingerprint density at radius 3 is 2.91 bits per heavy atom. The van der Waals surface area contributed by atoms with Gasteiger partial charge in [-0.25, -0.2) is 0 Å². The van der Waals surface area contributed by atoms with Gasteiger partial charge in [0, 0.05) is 23.9 Å². The van der Waals surface area contributed by atoms with Crippen molar-refractivity contribution >= 4 is 11.6 Å². The molecule has 0 aliphatic carbocycles. The minimum absolute atomic E-state index is 0.0301.